The summed E-state index contributed by atoms with van der Waals surface area (Å²) < 4.78 is 10.8. The minimum Gasteiger partial charge on any atom is -0.497 e. The molecule has 1 fully saturated rings. The van der Waals surface area contributed by atoms with Crippen molar-refractivity contribution in [2.45, 2.75) is 45.8 Å². The van der Waals surface area contributed by atoms with Gasteiger partial charge in [-0.25, -0.2) is 0 Å². The van der Waals surface area contributed by atoms with Crippen LogP contribution >= 0.6 is 0 Å². The second-order valence-electron chi connectivity index (χ2n) is 7.91. The van der Waals surface area contributed by atoms with Gasteiger partial charge in [-0.15, -0.1) is 0 Å². The van der Waals surface area contributed by atoms with Gasteiger partial charge >= 0.3 is 0 Å². The Balaban J connectivity index is 1.91. The number of piperazine rings is 1. The highest BCUT2D eigenvalue weighted by Crippen LogP contribution is 2.25. The van der Waals surface area contributed by atoms with Gasteiger partial charge in [-0.2, -0.15) is 0 Å². The van der Waals surface area contributed by atoms with Gasteiger partial charge in [0.2, 0.25) is 5.91 Å². The largest absolute Gasteiger partial charge is 0.497 e. The van der Waals surface area contributed by atoms with Gasteiger partial charge in [0.1, 0.15) is 11.5 Å². The predicted molar refractivity (Wildman–Crippen MR) is 104 cm³/mol. The Bertz CT molecular complexity index is 605. The molecule has 0 radical (unpaired) electrons. The van der Waals surface area contributed by atoms with E-state index in [1.807, 2.05) is 45.9 Å². The van der Waals surface area contributed by atoms with Crippen molar-refractivity contribution in [1.29, 1.82) is 0 Å². The second kappa shape index (κ2) is 8.73. The molecule has 0 saturated carbocycles. The van der Waals surface area contributed by atoms with Crippen molar-refractivity contribution in [3.05, 3.63) is 23.8 Å². The van der Waals surface area contributed by atoms with Crippen LogP contribution in [0.5, 0.6) is 11.5 Å². The summed E-state index contributed by atoms with van der Waals surface area (Å²) in [7, 11) is 3.37. The summed E-state index contributed by atoms with van der Waals surface area (Å²) in [6.07, 6.45) is 0. The molecule has 1 saturated heterocycles. The monoisotopic (exact) mass is 363 g/mol. The number of rotatable bonds is 6. The van der Waals surface area contributed by atoms with Crippen molar-refractivity contribution in [3.63, 3.8) is 0 Å². The van der Waals surface area contributed by atoms with E-state index < -0.39 is 0 Å². The Morgan fingerprint density at radius 2 is 1.81 bits per heavy atom. The van der Waals surface area contributed by atoms with Crippen LogP contribution in [0, 0.1) is 0 Å². The third-order valence-corrected chi connectivity index (χ3v) is 4.71. The summed E-state index contributed by atoms with van der Waals surface area (Å²) in [5.74, 6) is 1.82. The van der Waals surface area contributed by atoms with Crippen molar-refractivity contribution in [1.82, 2.24) is 15.1 Å². The van der Waals surface area contributed by atoms with Gasteiger partial charge in [0.25, 0.3) is 0 Å². The molecule has 6 heteroatoms. The Hall–Kier alpha value is -1.79. The van der Waals surface area contributed by atoms with Gasteiger partial charge in [0, 0.05) is 43.8 Å². The fourth-order valence-electron chi connectivity index (χ4n) is 3.20. The van der Waals surface area contributed by atoms with E-state index in [9.17, 15) is 4.79 Å². The number of ether oxygens (including phenoxy) is 2. The van der Waals surface area contributed by atoms with Crippen molar-refractivity contribution in [2.75, 3.05) is 40.4 Å². The SMILES string of the molecule is COc1ccc(OC)c(CN2CCN(C(C)C(=O)NC(C)(C)C)CC2)c1. The van der Waals surface area contributed by atoms with Crippen LogP contribution in [-0.2, 0) is 11.3 Å². The van der Waals surface area contributed by atoms with E-state index in [4.69, 9.17) is 9.47 Å². The molecule has 1 N–H and O–H groups in total. The van der Waals surface area contributed by atoms with Crippen molar-refractivity contribution < 1.29 is 14.3 Å². The van der Waals surface area contributed by atoms with Crippen molar-refractivity contribution in [3.8, 4) is 11.5 Å². The number of hydrogen-bond donors (Lipinski definition) is 1. The highest BCUT2D eigenvalue weighted by molar-refractivity contribution is 5.81. The Morgan fingerprint density at radius 3 is 2.35 bits per heavy atom. The second-order valence-corrected chi connectivity index (χ2v) is 7.91. The van der Waals surface area contributed by atoms with Crippen LogP contribution in [0.2, 0.25) is 0 Å². The lowest BCUT2D eigenvalue weighted by Crippen LogP contribution is -2.56. The summed E-state index contributed by atoms with van der Waals surface area (Å²) in [5.41, 5.74) is 0.926. The van der Waals surface area contributed by atoms with Gasteiger partial charge in [-0.05, 0) is 45.9 Å². The number of hydrogen-bond acceptors (Lipinski definition) is 5. The van der Waals surface area contributed by atoms with E-state index in [0.717, 1.165) is 49.8 Å². The number of carbonyl (C=O) groups excluding carboxylic acids is 1. The average Bonchev–Trinajstić information content (AvgIpc) is 2.60. The zero-order valence-corrected chi connectivity index (χ0v) is 17.0. The first-order chi connectivity index (χ1) is 12.2. The number of amides is 1. The minimum absolute atomic E-state index is 0.0976. The van der Waals surface area contributed by atoms with Crippen LogP contribution in [0.15, 0.2) is 18.2 Å². The summed E-state index contributed by atoms with van der Waals surface area (Å²) >= 11 is 0. The average molecular weight is 364 g/mol. The summed E-state index contributed by atoms with van der Waals surface area (Å²) in [6.45, 7) is 12.4. The smallest absolute Gasteiger partial charge is 0.237 e. The lowest BCUT2D eigenvalue weighted by Gasteiger charge is -2.38. The molecule has 0 bridgehead atoms. The zero-order valence-electron chi connectivity index (χ0n) is 17.0. The first kappa shape index (κ1) is 20.5. The summed E-state index contributed by atoms with van der Waals surface area (Å²) in [6, 6.07) is 5.78. The van der Waals surface area contributed by atoms with Crippen LogP contribution < -0.4 is 14.8 Å². The fourth-order valence-corrected chi connectivity index (χ4v) is 3.20. The molecular weight excluding hydrogens is 330 g/mol. The molecule has 146 valence electrons. The van der Waals surface area contributed by atoms with Crippen LogP contribution in [0.1, 0.15) is 33.3 Å². The third kappa shape index (κ3) is 5.61. The van der Waals surface area contributed by atoms with Crippen molar-refractivity contribution >= 4 is 5.91 Å². The number of benzene rings is 1. The quantitative estimate of drug-likeness (QED) is 0.839. The number of methoxy groups -OCH3 is 2. The van der Waals surface area contributed by atoms with E-state index in [1.165, 1.54) is 0 Å². The molecule has 0 aliphatic carbocycles. The summed E-state index contributed by atoms with van der Waals surface area (Å²) in [5, 5.41) is 3.07. The van der Waals surface area contributed by atoms with Crippen molar-refractivity contribution in [2.24, 2.45) is 0 Å². The maximum atomic E-state index is 12.4. The van der Waals surface area contributed by atoms with Gasteiger partial charge in [-0.1, -0.05) is 0 Å². The topological polar surface area (TPSA) is 54.0 Å². The molecule has 26 heavy (non-hydrogen) atoms. The van der Waals surface area contributed by atoms with Gasteiger partial charge in [-0.3, -0.25) is 14.6 Å². The maximum absolute atomic E-state index is 12.4. The Morgan fingerprint density at radius 1 is 1.15 bits per heavy atom. The molecule has 1 aliphatic rings. The molecule has 1 aliphatic heterocycles. The van der Waals surface area contributed by atoms with Crippen LogP contribution in [-0.4, -0.2) is 67.7 Å². The molecule has 1 unspecified atom stereocenters. The van der Waals surface area contributed by atoms with E-state index in [2.05, 4.69) is 15.1 Å². The molecule has 6 nitrogen and oxygen atoms in total. The highest BCUT2D eigenvalue weighted by Gasteiger charge is 2.27. The van der Waals surface area contributed by atoms with Crippen LogP contribution in [0.4, 0.5) is 0 Å². The van der Waals surface area contributed by atoms with E-state index in [0.29, 0.717) is 0 Å². The molecule has 1 aromatic carbocycles. The van der Waals surface area contributed by atoms with E-state index in [1.54, 1.807) is 14.2 Å². The first-order valence-corrected chi connectivity index (χ1v) is 9.23. The third-order valence-electron chi connectivity index (χ3n) is 4.71. The molecular formula is C20H33N3O3. The minimum atomic E-state index is -0.198. The summed E-state index contributed by atoms with van der Waals surface area (Å²) in [4.78, 5) is 17.0. The van der Waals surface area contributed by atoms with Crippen LogP contribution in [0.25, 0.3) is 0 Å². The van der Waals surface area contributed by atoms with Crippen LogP contribution in [0.3, 0.4) is 0 Å². The Kier molecular flexibility index (Phi) is 6.89. The maximum Gasteiger partial charge on any atom is 0.237 e. The number of carbonyl (C=O) groups is 1. The molecule has 1 heterocycles. The van der Waals surface area contributed by atoms with E-state index in [-0.39, 0.29) is 17.5 Å². The predicted octanol–water partition coefficient (Wildman–Crippen LogP) is 2.12. The standard InChI is InChI=1S/C20H33N3O3/c1-15(19(24)21-20(2,3)4)23-11-9-22(10-12-23)14-16-13-17(25-5)7-8-18(16)26-6/h7-8,13,15H,9-12,14H2,1-6H3,(H,21,24). The Labute approximate surface area is 157 Å². The molecule has 1 atom stereocenters. The molecule has 1 aromatic rings. The van der Waals surface area contributed by atoms with Gasteiger partial charge in [0.05, 0.1) is 20.3 Å². The number of nitrogens with one attached hydrogen (secondary N) is 1. The number of nitrogens with zero attached hydrogens (tertiary/aromatic N) is 2. The van der Waals surface area contributed by atoms with E-state index >= 15 is 0 Å². The first-order valence-electron chi connectivity index (χ1n) is 9.23. The highest BCUT2D eigenvalue weighted by atomic mass is 16.5. The molecule has 1 amide bonds. The molecule has 0 aromatic heterocycles. The van der Waals surface area contributed by atoms with Gasteiger partial charge in [0.15, 0.2) is 0 Å². The fraction of sp³-hybridized carbons (Fsp3) is 0.650. The van der Waals surface area contributed by atoms with Gasteiger partial charge < -0.3 is 14.8 Å². The molecule has 2 rings (SSSR count). The normalized spacial score (nSPS) is 17.6. The lowest BCUT2D eigenvalue weighted by molar-refractivity contribution is -0.128. The molecule has 0 spiro atoms. The zero-order chi connectivity index (χ0) is 19.3. The lowest BCUT2D eigenvalue weighted by atomic mass is 10.1.